The highest BCUT2D eigenvalue weighted by atomic mass is 16.3. The van der Waals surface area contributed by atoms with E-state index in [0.717, 1.165) is 12.1 Å². The first kappa shape index (κ1) is 14.9. The Morgan fingerprint density at radius 1 is 1.50 bits per heavy atom. The summed E-state index contributed by atoms with van der Waals surface area (Å²) in [5.41, 5.74) is 5.80. The molecule has 1 atom stereocenters. The van der Waals surface area contributed by atoms with Crippen molar-refractivity contribution in [3.63, 3.8) is 0 Å². The van der Waals surface area contributed by atoms with E-state index in [-0.39, 0.29) is 11.1 Å². The second-order valence-corrected chi connectivity index (χ2v) is 5.89. The molecule has 0 aromatic rings. The third-order valence-electron chi connectivity index (χ3n) is 2.65. The Labute approximate surface area is 107 Å². The molecule has 0 saturated carbocycles. The number of hydrogen-bond donors (Lipinski definition) is 5. The van der Waals surface area contributed by atoms with Crippen LogP contribution in [-0.2, 0) is 4.79 Å². The van der Waals surface area contributed by atoms with E-state index in [9.17, 15) is 4.79 Å². The van der Waals surface area contributed by atoms with Crippen LogP contribution in [0.1, 0.15) is 34.1 Å². The fraction of sp³-hybridized carbons (Fsp3) is 0.750. The summed E-state index contributed by atoms with van der Waals surface area (Å²) in [6.07, 6.45) is 1.32. The average Bonchev–Trinajstić information content (AvgIpc) is 2.20. The molecule has 1 rings (SSSR count). The molecule has 0 bridgehead atoms. The zero-order chi connectivity index (χ0) is 14.0. The van der Waals surface area contributed by atoms with Crippen LogP contribution in [0.2, 0.25) is 0 Å². The molecule has 0 fully saturated rings. The fourth-order valence-electron chi connectivity index (χ4n) is 2.30. The third-order valence-corrected chi connectivity index (χ3v) is 2.65. The molecule has 0 aromatic heterocycles. The SMILES string of the molecule is CC1(C)C=C(NNC(=O)C(O)CO)CC(C)(C)N1. The molecule has 6 nitrogen and oxygen atoms in total. The molecule has 5 N–H and O–H groups in total. The Morgan fingerprint density at radius 3 is 2.61 bits per heavy atom. The van der Waals surface area contributed by atoms with Gasteiger partial charge in [-0.3, -0.25) is 10.2 Å². The highest BCUT2D eigenvalue weighted by molar-refractivity contribution is 5.80. The Hall–Kier alpha value is -1.11. The smallest absolute Gasteiger partial charge is 0.269 e. The molecule has 1 heterocycles. The van der Waals surface area contributed by atoms with Crippen molar-refractivity contribution in [1.29, 1.82) is 0 Å². The number of hydrogen-bond acceptors (Lipinski definition) is 5. The van der Waals surface area contributed by atoms with Crippen molar-refractivity contribution in [2.45, 2.75) is 51.3 Å². The molecule has 1 aliphatic heterocycles. The van der Waals surface area contributed by atoms with Gasteiger partial charge >= 0.3 is 0 Å². The van der Waals surface area contributed by atoms with E-state index >= 15 is 0 Å². The number of aliphatic hydroxyl groups is 2. The van der Waals surface area contributed by atoms with Gasteiger partial charge in [-0.1, -0.05) is 0 Å². The Bertz CT molecular complexity index is 350. The van der Waals surface area contributed by atoms with E-state index in [1.807, 2.05) is 19.9 Å². The number of carbonyl (C=O) groups excluding carboxylic acids is 1. The van der Waals surface area contributed by atoms with Crippen molar-refractivity contribution >= 4 is 5.91 Å². The first-order valence-electron chi connectivity index (χ1n) is 6.01. The molecule has 18 heavy (non-hydrogen) atoms. The second-order valence-electron chi connectivity index (χ2n) is 5.89. The Kier molecular flexibility index (Phi) is 4.37. The van der Waals surface area contributed by atoms with Crippen LogP contribution in [0.25, 0.3) is 0 Å². The van der Waals surface area contributed by atoms with Crippen LogP contribution in [0.3, 0.4) is 0 Å². The van der Waals surface area contributed by atoms with Crippen molar-refractivity contribution in [3.05, 3.63) is 11.8 Å². The van der Waals surface area contributed by atoms with E-state index < -0.39 is 18.6 Å². The molecular weight excluding hydrogens is 234 g/mol. The zero-order valence-electron chi connectivity index (χ0n) is 11.4. The summed E-state index contributed by atoms with van der Waals surface area (Å²) in [6.45, 7) is 7.65. The molecule has 6 heteroatoms. The van der Waals surface area contributed by atoms with E-state index in [4.69, 9.17) is 10.2 Å². The van der Waals surface area contributed by atoms with Gasteiger partial charge in [-0.05, 0) is 33.8 Å². The minimum absolute atomic E-state index is 0.0824. The van der Waals surface area contributed by atoms with Crippen molar-refractivity contribution < 1.29 is 15.0 Å². The van der Waals surface area contributed by atoms with Gasteiger partial charge in [0.15, 0.2) is 6.10 Å². The van der Waals surface area contributed by atoms with Gasteiger partial charge < -0.3 is 21.0 Å². The number of aliphatic hydroxyl groups excluding tert-OH is 2. The van der Waals surface area contributed by atoms with Crippen LogP contribution < -0.4 is 16.2 Å². The van der Waals surface area contributed by atoms with Crippen molar-refractivity contribution in [1.82, 2.24) is 16.2 Å². The van der Waals surface area contributed by atoms with Gasteiger partial charge in [0.1, 0.15) is 0 Å². The predicted octanol–water partition coefficient (Wildman–Crippen LogP) is -0.605. The van der Waals surface area contributed by atoms with Crippen molar-refractivity contribution in [3.8, 4) is 0 Å². The summed E-state index contributed by atoms with van der Waals surface area (Å²) in [5, 5.41) is 21.2. The number of rotatable bonds is 4. The lowest BCUT2D eigenvalue weighted by Crippen LogP contribution is -2.56. The zero-order valence-corrected chi connectivity index (χ0v) is 11.4. The number of amides is 1. The van der Waals surface area contributed by atoms with Crippen LogP contribution in [-0.4, -0.2) is 39.9 Å². The van der Waals surface area contributed by atoms with Crippen LogP contribution in [0.15, 0.2) is 11.8 Å². The van der Waals surface area contributed by atoms with Crippen LogP contribution in [0.4, 0.5) is 0 Å². The Morgan fingerprint density at radius 2 is 2.11 bits per heavy atom. The first-order valence-corrected chi connectivity index (χ1v) is 6.01. The van der Waals surface area contributed by atoms with E-state index in [1.165, 1.54) is 0 Å². The highest BCUT2D eigenvalue weighted by Crippen LogP contribution is 2.25. The van der Waals surface area contributed by atoms with Gasteiger partial charge in [-0.2, -0.15) is 0 Å². The topological polar surface area (TPSA) is 93.6 Å². The summed E-state index contributed by atoms with van der Waals surface area (Å²) >= 11 is 0. The van der Waals surface area contributed by atoms with Crippen LogP contribution >= 0.6 is 0 Å². The summed E-state index contributed by atoms with van der Waals surface area (Å²) in [6, 6.07) is 0. The van der Waals surface area contributed by atoms with Crippen molar-refractivity contribution in [2.24, 2.45) is 0 Å². The molecule has 104 valence electrons. The molecular formula is C12H23N3O3. The number of carbonyl (C=O) groups is 1. The minimum Gasteiger partial charge on any atom is -0.393 e. The quantitative estimate of drug-likeness (QED) is 0.433. The van der Waals surface area contributed by atoms with Crippen molar-refractivity contribution in [2.75, 3.05) is 6.61 Å². The maximum atomic E-state index is 11.3. The highest BCUT2D eigenvalue weighted by Gasteiger charge is 2.32. The molecule has 0 spiro atoms. The van der Waals surface area contributed by atoms with E-state index in [0.29, 0.717) is 0 Å². The fourth-order valence-corrected chi connectivity index (χ4v) is 2.30. The molecule has 0 saturated heterocycles. The predicted molar refractivity (Wildman–Crippen MR) is 68.4 cm³/mol. The maximum absolute atomic E-state index is 11.3. The van der Waals surface area contributed by atoms with E-state index in [2.05, 4.69) is 30.0 Å². The lowest BCUT2D eigenvalue weighted by atomic mass is 9.86. The standard InChI is InChI=1S/C12H23N3O3/c1-11(2)5-8(6-12(3,4)15-11)13-14-10(18)9(17)7-16/h5,9,13,15-17H,6-7H2,1-4H3,(H,14,18). The first-order chi connectivity index (χ1) is 8.15. The van der Waals surface area contributed by atoms with Gasteiger partial charge in [-0.15, -0.1) is 0 Å². The van der Waals surface area contributed by atoms with Gasteiger partial charge in [0, 0.05) is 23.2 Å². The number of nitrogens with one attached hydrogen (secondary N) is 3. The molecule has 0 aliphatic carbocycles. The van der Waals surface area contributed by atoms with E-state index in [1.54, 1.807) is 0 Å². The third kappa shape index (κ3) is 4.29. The van der Waals surface area contributed by atoms with Gasteiger partial charge in [0.25, 0.3) is 5.91 Å². The summed E-state index contributed by atoms with van der Waals surface area (Å²) in [7, 11) is 0. The number of hydrazine groups is 1. The summed E-state index contributed by atoms with van der Waals surface area (Å²) in [4.78, 5) is 11.3. The molecule has 1 aliphatic rings. The monoisotopic (exact) mass is 257 g/mol. The summed E-state index contributed by atoms with van der Waals surface area (Å²) < 4.78 is 0. The lowest BCUT2D eigenvalue weighted by molar-refractivity contribution is -0.132. The second kappa shape index (κ2) is 5.26. The average molecular weight is 257 g/mol. The minimum atomic E-state index is -1.40. The van der Waals surface area contributed by atoms with Crippen LogP contribution in [0.5, 0.6) is 0 Å². The van der Waals surface area contributed by atoms with Gasteiger partial charge in [-0.25, -0.2) is 0 Å². The molecule has 1 unspecified atom stereocenters. The summed E-state index contributed by atoms with van der Waals surface area (Å²) in [5.74, 6) is -0.646. The largest absolute Gasteiger partial charge is 0.393 e. The normalized spacial score (nSPS) is 22.9. The molecule has 0 aromatic carbocycles. The Balaban J connectivity index is 2.62. The van der Waals surface area contributed by atoms with Gasteiger partial charge in [0.2, 0.25) is 0 Å². The molecule has 0 radical (unpaired) electrons. The molecule has 1 amide bonds. The lowest BCUT2D eigenvalue weighted by Gasteiger charge is -2.41. The maximum Gasteiger partial charge on any atom is 0.269 e. The van der Waals surface area contributed by atoms with Gasteiger partial charge in [0.05, 0.1) is 6.61 Å². The van der Waals surface area contributed by atoms with Crippen LogP contribution in [0, 0.1) is 0 Å².